The molecule has 0 amide bonds. The molecule has 0 spiro atoms. The van der Waals surface area contributed by atoms with Gasteiger partial charge in [0.1, 0.15) is 0 Å². The first-order valence-corrected chi connectivity index (χ1v) is 12.0. The first-order chi connectivity index (χ1) is 14.4. The zero-order chi connectivity index (χ0) is 20.9. The average Bonchev–Trinajstić information content (AvgIpc) is 3.32. The van der Waals surface area contributed by atoms with E-state index in [1.54, 1.807) is 0 Å². The third-order valence-electron chi connectivity index (χ3n) is 5.34. The quantitative estimate of drug-likeness (QED) is 0.280. The summed E-state index contributed by atoms with van der Waals surface area (Å²) < 4.78 is 1.36. The van der Waals surface area contributed by atoms with Gasteiger partial charge in [-0.2, -0.15) is 0 Å². The molecule has 0 saturated carbocycles. The van der Waals surface area contributed by atoms with E-state index in [0.717, 1.165) is 12.1 Å². The molecule has 150 valence electrons. The molecular weight excluding hydrogens is 402 g/mol. The van der Waals surface area contributed by atoms with Crippen LogP contribution in [-0.2, 0) is 6.42 Å². The van der Waals surface area contributed by atoms with Crippen LogP contribution in [0, 0.1) is 12.3 Å². The predicted octanol–water partition coefficient (Wildman–Crippen LogP) is 8.74. The van der Waals surface area contributed by atoms with Gasteiger partial charge in [-0.25, -0.2) is 0 Å². The topological polar surface area (TPSA) is 12.9 Å². The molecule has 5 aromatic rings. The molecule has 0 unspecified atom stereocenters. The van der Waals surface area contributed by atoms with Gasteiger partial charge >= 0.3 is 0 Å². The summed E-state index contributed by atoms with van der Waals surface area (Å²) in [5.74, 6) is 0. The molecule has 0 aliphatic rings. The molecule has 1 nitrogen and oxygen atoms in total. The molecule has 0 aliphatic heterocycles. The summed E-state index contributed by atoms with van der Waals surface area (Å²) >= 11 is 3.78. The van der Waals surface area contributed by atoms with Gasteiger partial charge in [0.2, 0.25) is 0 Å². The second-order valence-electron chi connectivity index (χ2n) is 9.18. The van der Waals surface area contributed by atoms with Gasteiger partial charge in [-0.3, -0.25) is 4.98 Å². The smallest absolute Gasteiger partial charge is 0.0715 e. The second kappa shape index (κ2) is 7.33. The van der Waals surface area contributed by atoms with Gasteiger partial charge in [-0.1, -0.05) is 45.0 Å². The van der Waals surface area contributed by atoms with E-state index in [1.165, 1.54) is 46.6 Å². The minimum Gasteiger partial charge on any atom is -0.256 e. The Balaban J connectivity index is 1.63. The van der Waals surface area contributed by atoms with Crippen LogP contribution in [0.15, 0.2) is 66.9 Å². The van der Waals surface area contributed by atoms with Crippen LogP contribution in [-0.4, -0.2) is 4.98 Å². The number of hydrogen-bond acceptors (Lipinski definition) is 3. The Morgan fingerprint density at radius 1 is 0.867 bits per heavy atom. The molecule has 0 saturated heterocycles. The Morgan fingerprint density at radius 3 is 2.53 bits per heavy atom. The van der Waals surface area contributed by atoms with Crippen LogP contribution in [0.4, 0.5) is 0 Å². The highest BCUT2D eigenvalue weighted by molar-refractivity contribution is 7.20. The predicted molar refractivity (Wildman–Crippen MR) is 134 cm³/mol. The number of nitrogens with zero attached hydrogens (tertiary/aromatic N) is 1. The number of aryl methyl sites for hydroxylation is 1. The Kier molecular flexibility index (Phi) is 4.76. The number of fused-ring (bicyclic) bond motifs is 3. The van der Waals surface area contributed by atoms with Crippen molar-refractivity contribution in [3.05, 3.63) is 76.6 Å². The summed E-state index contributed by atoms with van der Waals surface area (Å²) in [5, 5.41) is 3.91. The van der Waals surface area contributed by atoms with Crippen molar-refractivity contribution < 1.29 is 0 Å². The van der Waals surface area contributed by atoms with E-state index in [1.807, 2.05) is 28.9 Å². The molecule has 0 N–H and O–H groups in total. The zero-order valence-electron chi connectivity index (χ0n) is 17.8. The number of rotatable bonds is 3. The summed E-state index contributed by atoms with van der Waals surface area (Å²) in [5.41, 5.74) is 3.82. The van der Waals surface area contributed by atoms with Crippen molar-refractivity contribution in [3.8, 4) is 21.7 Å². The lowest BCUT2D eigenvalue weighted by molar-refractivity contribution is 0.414. The molecule has 3 heteroatoms. The maximum absolute atomic E-state index is 4.78. The average molecular weight is 428 g/mol. The largest absolute Gasteiger partial charge is 0.256 e. The molecule has 0 radical (unpaired) electrons. The fourth-order valence-corrected chi connectivity index (χ4v) is 6.45. The van der Waals surface area contributed by atoms with Crippen molar-refractivity contribution in [1.82, 2.24) is 4.98 Å². The Labute approximate surface area is 186 Å². The standard InChI is InChI=1S/C27H25NS2/c1-17-13-23-22(14-18-7-5-6-8-21(18)26(23)29-17)24-15-19(11-12-28-24)25-10-9-20(30-25)16-27(2,3)4/h5-15H,16H2,1-4H3. The van der Waals surface area contributed by atoms with Crippen LogP contribution in [0.1, 0.15) is 30.5 Å². The Hall–Kier alpha value is -2.49. The fraction of sp³-hybridized carbons (Fsp3) is 0.222. The minimum absolute atomic E-state index is 0.305. The lowest BCUT2D eigenvalue weighted by Crippen LogP contribution is -2.07. The lowest BCUT2D eigenvalue weighted by atomic mass is 9.92. The van der Waals surface area contributed by atoms with E-state index in [4.69, 9.17) is 4.98 Å². The van der Waals surface area contributed by atoms with Gasteiger partial charge in [0.15, 0.2) is 0 Å². The van der Waals surface area contributed by atoms with Crippen LogP contribution in [0.5, 0.6) is 0 Å². The molecule has 0 atom stereocenters. The summed E-state index contributed by atoms with van der Waals surface area (Å²) in [4.78, 5) is 8.87. The van der Waals surface area contributed by atoms with Gasteiger partial charge in [-0.15, -0.1) is 22.7 Å². The Bertz CT molecular complexity index is 1360. The van der Waals surface area contributed by atoms with E-state index in [-0.39, 0.29) is 0 Å². The molecule has 3 aromatic heterocycles. The molecule has 30 heavy (non-hydrogen) atoms. The number of thiophene rings is 2. The highest BCUT2D eigenvalue weighted by Crippen LogP contribution is 2.40. The van der Waals surface area contributed by atoms with Crippen molar-refractivity contribution in [2.45, 2.75) is 34.1 Å². The van der Waals surface area contributed by atoms with Crippen LogP contribution in [0.3, 0.4) is 0 Å². The van der Waals surface area contributed by atoms with E-state index in [2.05, 4.69) is 88.4 Å². The normalized spacial score (nSPS) is 12.1. The summed E-state index contributed by atoms with van der Waals surface area (Å²) in [7, 11) is 0. The number of pyridine rings is 1. The van der Waals surface area contributed by atoms with Gasteiger partial charge in [0.05, 0.1) is 5.69 Å². The van der Waals surface area contributed by atoms with Gasteiger partial charge < -0.3 is 0 Å². The third-order valence-corrected chi connectivity index (χ3v) is 7.56. The van der Waals surface area contributed by atoms with E-state index in [9.17, 15) is 0 Å². The lowest BCUT2D eigenvalue weighted by Gasteiger charge is -2.16. The number of aromatic nitrogens is 1. The van der Waals surface area contributed by atoms with Crippen molar-refractivity contribution in [1.29, 1.82) is 0 Å². The molecule has 5 rings (SSSR count). The SMILES string of the molecule is Cc1cc2c(-c3cc(-c4ccc(CC(C)(C)C)s4)ccn3)cc3ccccc3c2s1. The van der Waals surface area contributed by atoms with Crippen molar-refractivity contribution in [3.63, 3.8) is 0 Å². The Morgan fingerprint density at radius 2 is 1.70 bits per heavy atom. The monoisotopic (exact) mass is 427 g/mol. The van der Waals surface area contributed by atoms with Crippen molar-refractivity contribution >= 4 is 43.5 Å². The van der Waals surface area contributed by atoms with E-state index < -0.39 is 0 Å². The summed E-state index contributed by atoms with van der Waals surface area (Å²) in [6.07, 6.45) is 3.06. The van der Waals surface area contributed by atoms with Crippen LogP contribution in [0.25, 0.3) is 42.6 Å². The van der Waals surface area contributed by atoms with Crippen LogP contribution in [0.2, 0.25) is 0 Å². The molecule has 2 aromatic carbocycles. The van der Waals surface area contributed by atoms with Crippen molar-refractivity contribution in [2.75, 3.05) is 0 Å². The van der Waals surface area contributed by atoms with Gasteiger partial charge in [0.25, 0.3) is 0 Å². The maximum Gasteiger partial charge on any atom is 0.0715 e. The maximum atomic E-state index is 4.78. The molecule has 3 heterocycles. The fourth-order valence-electron chi connectivity index (χ4n) is 4.07. The van der Waals surface area contributed by atoms with Crippen LogP contribution < -0.4 is 0 Å². The molecular formula is C27H25NS2. The molecule has 0 bridgehead atoms. The summed E-state index contributed by atoms with van der Waals surface area (Å²) in [6.45, 7) is 9.08. The third kappa shape index (κ3) is 3.68. The van der Waals surface area contributed by atoms with E-state index >= 15 is 0 Å². The van der Waals surface area contributed by atoms with Gasteiger partial charge in [0, 0.05) is 36.5 Å². The van der Waals surface area contributed by atoms with E-state index in [0.29, 0.717) is 5.41 Å². The molecule has 0 aliphatic carbocycles. The van der Waals surface area contributed by atoms with Crippen LogP contribution >= 0.6 is 22.7 Å². The second-order valence-corrected chi connectivity index (χ2v) is 11.6. The zero-order valence-corrected chi connectivity index (χ0v) is 19.5. The first kappa shape index (κ1) is 19.5. The summed E-state index contributed by atoms with van der Waals surface area (Å²) in [6, 6.07) is 22.2. The number of benzene rings is 2. The van der Waals surface area contributed by atoms with Crippen molar-refractivity contribution in [2.24, 2.45) is 5.41 Å². The molecule has 0 fully saturated rings. The minimum atomic E-state index is 0.305. The number of hydrogen-bond donors (Lipinski definition) is 0. The first-order valence-electron chi connectivity index (χ1n) is 10.3. The van der Waals surface area contributed by atoms with Gasteiger partial charge in [-0.05, 0) is 71.5 Å². The highest BCUT2D eigenvalue weighted by atomic mass is 32.1. The highest BCUT2D eigenvalue weighted by Gasteiger charge is 2.15.